The van der Waals surface area contributed by atoms with E-state index < -0.39 is 0 Å². The van der Waals surface area contributed by atoms with Crippen LogP contribution in [0.15, 0.2) is 67.0 Å². The summed E-state index contributed by atoms with van der Waals surface area (Å²) in [5.41, 5.74) is 7.57. The third-order valence-electron chi connectivity index (χ3n) is 4.80. The first-order valence-electron chi connectivity index (χ1n) is 9.81. The molecule has 0 spiro atoms. The van der Waals surface area contributed by atoms with Gasteiger partial charge >= 0.3 is 0 Å². The van der Waals surface area contributed by atoms with E-state index in [0.29, 0.717) is 35.2 Å². The summed E-state index contributed by atoms with van der Waals surface area (Å²) in [6, 6.07) is 17.9. The van der Waals surface area contributed by atoms with Crippen LogP contribution in [0.5, 0.6) is 11.5 Å². The van der Waals surface area contributed by atoms with E-state index in [1.165, 1.54) is 5.56 Å². The number of aromatic nitrogens is 4. The Bertz CT molecular complexity index is 1200. The van der Waals surface area contributed by atoms with Gasteiger partial charge in [-0.15, -0.1) is 0 Å². The molecule has 2 aromatic heterocycles. The molecule has 4 rings (SSSR count). The fourth-order valence-corrected chi connectivity index (χ4v) is 3.29. The van der Waals surface area contributed by atoms with Gasteiger partial charge in [0.1, 0.15) is 6.61 Å². The Morgan fingerprint density at radius 3 is 2.48 bits per heavy atom. The highest BCUT2D eigenvalue weighted by molar-refractivity contribution is 7.71. The van der Waals surface area contributed by atoms with Gasteiger partial charge < -0.3 is 14.9 Å². The molecule has 0 aliphatic carbocycles. The van der Waals surface area contributed by atoms with E-state index in [-0.39, 0.29) is 0 Å². The quantitative estimate of drug-likeness (QED) is 0.394. The van der Waals surface area contributed by atoms with Crippen LogP contribution in [0.25, 0.3) is 11.4 Å². The maximum atomic E-state index is 5.97. The minimum absolute atomic E-state index is 0.480. The van der Waals surface area contributed by atoms with Crippen molar-refractivity contribution in [3.05, 3.63) is 88.5 Å². The predicted molar refractivity (Wildman–Crippen MR) is 122 cm³/mol. The van der Waals surface area contributed by atoms with E-state index in [4.69, 9.17) is 21.7 Å². The zero-order valence-corrected chi connectivity index (χ0v) is 18.1. The summed E-state index contributed by atoms with van der Waals surface area (Å²) in [7, 11) is 1.64. The molecule has 8 heteroatoms. The molecule has 0 fully saturated rings. The van der Waals surface area contributed by atoms with Gasteiger partial charge in [-0.25, -0.2) is 9.77 Å². The maximum absolute atomic E-state index is 5.97. The molecule has 0 aliphatic heterocycles. The first kappa shape index (κ1) is 20.6. The molecule has 31 heavy (non-hydrogen) atoms. The Morgan fingerprint density at radius 2 is 1.74 bits per heavy atom. The zero-order chi connectivity index (χ0) is 21.6. The van der Waals surface area contributed by atoms with Crippen molar-refractivity contribution in [2.75, 3.05) is 12.5 Å². The number of hydrogen-bond acceptors (Lipinski definition) is 6. The van der Waals surface area contributed by atoms with Crippen LogP contribution in [-0.4, -0.2) is 27.0 Å². The number of nitrogens with zero attached hydrogens (tertiary/aromatic N) is 3. The molecule has 0 atom stereocenters. The lowest BCUT2D eigenvalue weighted by Crippen LogP contribution is -2.16. The fraction of sp³-hybridized carbons (Fsp3) is 0.174. The smallest absolute Gasteiger partial charge is 0.214 e. The van der Waals surface area contributed by atoms with Crippen molar-refractivity contribution < 1.29 is 9.47 Å². The van der Waals surface area contributed by atoms with Gasteiger partial charge in [0.2, 0.25) is 4.77 Å². The number of pyridine rings is 1. The van der Waals surface area contributed by atoms with Gasteiger partial charge in [0, 0.05) is 18.0 Å². The highest BCUT2D eigenvalue weighted by atomic mass is 32.1. The second-order valence-electron chi connectivity index (χ2n) is 7.02. The van der Waals surface area contributed by atoms with E-state index in [1.807, 2.05) is 30.3 Å². The van der Waals surface area contributed by atoms with Gasteiger partial charge in [0.15, 0.2) is 17.3 Å². The minimum Gasteiger partial charge on any atom is -0.493 e. The van der Waals surface area contributed by atoms with Crippen molar-refractivity contribution in [1.82, 2.24) is 19.9 Å². The Balaban J connectivity index is 1.46. The highest BCUT2D eigenvalue weighted by Crippen LogP contribution is 2.29. The Morgan fingerprint density at radius 1 is 1.00 bits per heavy atom. The van der Waals surface area contributed by atoms with E-state index in [9.17, 15) is 0 Å². The number of aromatic amines is 1. The molecule has 2 aromatic carbocycles. The molecule has 0 saturated carbocycles. The van der Waals surface area contributed by atoms with Gasteiger partial charge in [-0.05, 0) is 54.5 Å². The molecule has 7 nitrogen and oxygen atoms in total. The molecule has 2 N–H and O–H groups in total. The van der Waals surface area contributed by atoms with Gasteiger partial charge in [-0.2, -0.15) is 5.10 Å². The molecule has 0 radical (unpaired) electrons. The molecule has 158 valence electrons. The normalized spacial score (nSPS) is 10.6. The Kier molecular flexibility index (Phi) is 6.28. The van der Waals surface area contributed by atoms with Crippen molar-refractivity contribution in [1.29, 1.82) is 0 Å². The molecular weight excluding hydrogens is 410 g/mol. The molecule has 0 amide bonds. The summed E-state index contributed by atoms with van der Waals surface area (Å²) >= 11 is 5.37. The summed E-state index contributed by atoms with van der Waals surface area (Å²) in [6.07, 6.45) is 3.44. The van der Waals surface area contributed by atoms with Crippen molar-refractivity contribution in [3.63, 3.8) is 0 Å². The van der Waals surface area contributed by atoms with Crippen LogP contribution in [0, 0.1) is 11.7 Å². The Labute approximate surface area is 185 Å². The van der Waals surface area contributed by atoms with E-state index >= 15 is 0 Å². The van der Waals surface area contributed by atoms with Gasteiger partial charge in [-0.3, -0.25) is 4.98 Å². The van der Waals surface area contributed by atoms with E-state index in [2.05, 4.69) is 51.8 Å². The minimum atomic E-state index is 0.480. The van der Waals surface area contributed by atoms with Crippen LogP contribution < -0.4 is 14.9 Å². The van der Waals surface area contributed by atoms with E-state index in [1.54, 1.807) is 24.2 Å². The van der Waals surface area contributed by atoms with Crippen LogP contribution in [-0.2, 0) is 13.2 Å². The average molecular weight is 434 g/mol. The SMILES string of the molecule is COc1cc(CNn2c(-c3ccncc3)n[nH]c2=S)ccc1OCc1ccc(C)cc1. The monoisotopic (exact) mass is 433 g/mol. The standard InChI is InChI=1S/C23H23N5O2S/c1-16-3-5-17(6-4-16)15-30-20-8-7-18(13-21(20)29-2)14-25-28-22(26-27-23(28)31)19-9-11-24-12-10-19/h3-13,25H,14-15H2,1-2H3,(H,27,31). The summed E-state index contributed by atoms with van der Waals surface area (Å²) < 4.78 is 13.7. The van der Waals surface area contributed by atoms with Crippen molar-refractivity contribution in [2.24, 2.45) is 0 Å². The third-order valence-corrected chi connectivity index (χ3v) is 5.07. The van der Waals surface area contributed by atoms with Crippen molar-refractivity contribution in [3.8, 4) is 22.9 Å². The lowest BCUT2D eigenvalue weighted by atomic mass is 10.1. The zero-order valence-electron chi connectivity index (χ0n) is 17.3. The largest absolute Gasteiger partial charge is 0.493 e. The number of ether oxygens (including phenoxy) is 2. The number of nitrogens with one attached hydrogen (secondary N) is 2. The Hall–Kier alpha value is -3.65. The summed E-state index contributed by atoms with van der Waals surface area (Å²) in [6.45, 7) is 3.07. The number of aryl methyl sites for hydroxylation is 1. The molecule has 0 aliphatic rings. The summed E-state index contributed by atoms with van der Waals surface area (Å²) in [4.78, 5) is 4.05. The summed E-state index contributed by atoms with van der Waals surface area (Å²) in [5.74, 6) is 2.07. The number of rotatable bonds is 8. The summed E-state index contributed by atoms with van der Waals surface area (Å²) in [5, 5.41) is 7.14. The molecule has 0 unspecified atom stereocenters. The van der Waals surface area contributed by atoms with Crippen molar-refractivity contribution >= 4 is 12.2 Å². The van der Waals surface area contributed by atoms with Crippen LogP contribution in [0.3, 0.4) is 0 Å². The predicted octanol–water partition coefficient (Wildman–Crippen LogP) is 4.64. The second kappa shape index (κ2) is 9.44. The van der Waals surface area contributed by atoms with E-state index in [0.717, 1.165) is 16.7 Å². The number of H-pyrrole nitrogens is 1. The van der Waals surface area contributed by atoms with Gasteiger partial charge in [-0.1, -0.05) is 35.9 Å². The lowest BCUT2D eigenvalue weighted by molar-refractivity contribution is 0.284. The first-order valence-corrected chi connectivity index (χ1v) is 10.2. The number of benzene rings is 2. The molecule has 2 heterocycles. The highest BCUT2D eigenvalue weighted by Gasteiger charge is 2.10. The van der Waals surface area contributed by atoms with Crippen LogP contribution >= 0.6 is 12.2 Å². The van der Waals surface area contributed by atoms with Crippen molar-refractivity contribution in [2.45, 2.75) is 20.1 Å². The molecule has 4 aromatic rings. The fourth-order valence-electron chi connectivity index (χ4n) is 3.10. The van der Waals surface area contributed by atoms with Crippen LogP contribution in [0.1, 0.15) is 16.7 Å². The van der Waals surface area contributed by atoms with Gasteiger partial charge in [0.25, 0.3) is 0 Å². The average Bonchev–Trinajstić information content (AvgIpc) is 3.18. The third kappa shape index (κ3) is 4.92. The van der Waals surface area contributed by atoms with Gasteiger partial charge in [0.05, 0.1) is 13.7 Å². The first-order chi connectivity index (χ1) is 15.1. The number of hydrogen-bond donors (Lipinski definition) is 2. The molecular formula is C23H23N5O2S. The lowest BCUT2D eigenvalue weighted by Gasteiger charge is -2.14. The van der Waals surface area contributed by atoms with Crippen LogP contribution in [0.2, 0.25) is 0 Å². The van der Waals surface area contributed by atoms with Crippen LogP contribution in [0.4, 0.5) is 0 Å². The number of methoxy groups -OCH3 is 1. The second-order valence-corrected chi connectivity index (χ2v) is 7.40. The molecule has 0 saturated heterocycles. The topological polar surface area (TPSA) is 77.0 Å². The molecule has 0 bridgehead atoms. The maximum Gasteiger partial charge on any atom is 0.214 e.